The summed E-state index contributed by atoms with van der Waals surface area (Å²) in [6, 6.07) is 8.73. The molecule has 26 heavy (non-hydrogen) atoms. The highest BCUT2D eigenvalue weighted by Gasteiger charge is 2.15. The third kappa shape index (κ3) is 5.05. The lowest BCUT2D eigenvalue weighted by atomic mass is 10.1. The SMILES string of the molecule is CCN(CC)CCCNc1nc(NC2CCNCC2)c2ccccc2n1. The summed E-state index contributed by atoms with van der Waals surface area (Å²) in [5.74, 6) is 1.67. The highest BCUT2D eigenvalue weighted by atomic mass is 15.2. The fraction of sp³-hybridized carbons (Fsp3) is 0.600. The van der Waals surface area contributed by atoms with Gasteiger partial charge in [0.05, 0.1) is 5.52 Å². The molecule has 0 spiro atoms. The Bertz CT molecular complexity index is 679. The third-order valence-electron chi connectivity index (χ3n) is 5.11. The smallest absolute Gasteiger partial charge is 0.225 e. The average Bonchev–Trinajstić information content (AvgIpc) is 2.69. The molecule has 0 amide bonds. The Hall–Kier alpha value is -1.92. The van der Waals surface area contributed by atoms with E-state index in [-0.39, 0.29) is 0 Å². The van der Waals surface area contributed by atoms with Gasteiger partial charge in [0.1, 0.15) is 5.82 Å². The van der Waals surface area contributed by atoms with Crippen LogP contribution in [0.5, 0.6) is 0 Å². The largest absolute Gasteiger partial charge is 0.367 e. The Morgan fingerprint density at radius 1 is 1.12 bits per heavy atom. The number of fused-ring (bicyclic) bond motifs is 1. The van der Waals surface area contributed by atoms with Crippen LogP contribution in [0.3, 0.4) is 0 Å². The molecule has 142 valence electrons. The molecule has 0 saturated carbocycles. The van der Waals surface area contributed by atoms with Crippen LogP contribution in [0.4, 0.5) is 11.8 Å². The molecule has 1 aromatic carbocycles. The number of para-hydroxylation sites is 1. The van der Waals surface area contributed by atoms with Gasteiger partial charge in [-0.1, -0.05) is 26.0 Å². The Morgan fingerprint density at radius 2 is 1.88 bits per heavy atom. The number of nitrogens with zero attached hydrogens (tertiary/aromatic N) is 3. The zero-order chi connectivity index (χ0) is 18.2. The first-order chi connectivity index (χ1) is 12.8. The van der Waals surface area contributed by atoms with Gasteiger partial charge in [-0.2, -0.15) is 4.98 Å². The van der Waals surface area contributed by atoms with E-state index in [1.54, 1.807) is 0 Å². The highest BCUT2D eigenvalue weighted by molar-refractivity contribution is 5.90. The zero-order valence-corrected chi connectivity index (χ0v) is 16.1. The van der Waals surface area contributed by atoms with Gasteiger partial charge in [0.2, 0.25) is 5.95 Å². The van der Waals surface area contributed by atoms with Crippen LogP contribution in [0.15, 0.2) is 24.3 Å². The normalized spacial score (nSPS) is 15.5. The second-order valence-corrected chi connectivity index (χ2v) is 6.89. The summed E-state index contributed by atoms with van der Waals surface area (Å²) in [6.45, 7) is 10.8. The Morgan fingerprint density at radius 3 is 2.65 bits per heavy atom. The maximum absolute atomic E-state index is 4.78. The number of hydrogen-bond donors (Lipinski definition) is 3. The van der Waals surface area contributed by atoms with E-state index < -0.39 is 0 Å². The van der Waals surface area contributed by atoms with Crippen LogP contribution < -0.4 is 16.0 Å². The summed E-state index contributed by atoms with van der Waals surface area (Å²) in [7, 11) is 0. The van der Waals surface area contributed by atoms with E-state index in [2.05, 4.69) is 52.9 Å². The minimum Gasteiger partial charge on any atom is -0.367 e. The molecule has 3 N–H and O–H groups in total. The summed E-state index contributed by atoms with van der Waals surface area (Å²) in [5.41, 5.74) is 0.991. The summed E-state index contributed by atoms with van der Waals surface area (Å²) >= 11 is 0. The fourth-order valence-electron chi connectivity index (χ4n) is 3.47. The quantitative estimate of drug-likeness (QED) is 0.601. The molecule has 0 atom stereocenters. The number of aromatic nitrogens is 2. The molecule has 1 saturated heterocycles. The number of benzene rings is 1. The van der Waals surface area contributed by atoms with Crippen LogP contribution in [-0.4, -0.2) is 60.2 Å². The highest BCUT2D eigenvalue weighted by Crippen LogP contribution is 2.23. The molecular weight excluding hydrogens is 324 g/mol. The van der Waals surface area contributed by atoms with E-state index in [1.165, 1.54) is 0 Å². The maximum Gasteiger partial charge on any atom is 0.225 e. The molecule has 6 nitrogen and oxygen atoms in total. The summed E-state index contributed by atoms with van der Waals surface area (Å²) in [4.78, 5) is 11.9. The van der Waals surface area contributed by atoms with Gasteiger partial charge in [0.25, 0.3) is 0 Å². The summed E-state index contributed by atoms with van der Waals surface area (Å²) < 4.78 is 0. The monoisotopic (exact) mass is 356 g/mol. The molecule has 6 heteroatoms. The number of anilines is 2. The Kier molecular flexibility index (Phi) is 7.03. The lowest BCUT2D eigenvalue weighted by molar-refractivity contribution is 0.303. The first-order valence-corrected chi connectivity index (χ1v) is 10.0. The van der Waals surface area contributed by atoms with Crippen molar-refractivity contribution in [3.63, 3.8) is 0 Å². The van der Waals surface area contributed by atoms with Gasteiger partial charge in [-0.3, -0.25) is 0 Å². The predicted molar refractivity (Wildman–Crippen MR) is 110 cm³/mol. The molecule has 2 heterocycles. The van der Waals surface area contributed by atoms with Crippen LogP contribution in [-0.2, 0) is 0 Å². The number of nitrogens with one attached hydrogen (secondary N) is 3. The van der Waals surface area contributed by atoms with Crippen LogP contribution in [0.25, 0.3) is 10.9 Å². The molecule has 1 aromatic heterocycles. The van der Waals surface area contributed by atoms with Gasteiger partial charge in [0.15, 0.2) is 0 Å². The molecule has 0 aliphatic carbocycles. The van der Waals surface area contributed by atoms with Crippen molar-refractivity contribution in [2.24, 2.45) is 0 Å². The minimum absolute atomic E-state index is 0.477. The van der Waals surface area contributed by atoms with Crippen LogP contribution in [0.2, 0.25) is 0 Å². The molecule has 1 fully saturated rings. The topological polar surface area (TPSA) is 65.1 Å². The van der Waals surface area contributed by atoms with Gasteiger partial charge in [0, 0.05) is 18.0 Å². The van der Waals surface area contributed by atoms with E-state index >= 15 is 0 Å². The van der Waals surface area contributed by atoms with Gasteiger partial charge in [-0.05, 0) is 64.1 Å². The first-order valence-electron chi connectivity index (χ1n) is 10.0. The molecular formula is C20H32N6. The van der Waals surface area contributed by atoms with Gasteiger partial charge < -0.3 is 20.9 Å². The first kappa shape index (κ1) is 18.9. The van der Waals surface area contributed by atoms with Crippen molar-refractivity contribution in [3.8, 4) is 0 Å². The molecule has 1 aliphatic heterocycles. The van der Waals surface area contributed by atoms with Gasteiger partial charge in [-0.25, -0.2) is 4.98 Å². The summed E-state index contributed by atoms with van der Waals surface area (Å²) in [5, 5.41) is 11.6. The fourth-order valence-corrected chi connectivity index (χ4v) is 3.47. The van der Waals surface area contributed by atoms with E-state index in [0.717, 1.165) is 81.2 Å². The van der Waals surface area contributed by atoms with Crippen molar-refractivity contribution in [1.29, 1.82) is 0 Å². The lowest BCUT2D eigenvalue weighted by Gasteiger charge is -2.25. The average molecular weight is 357 g/mol. The second-order valence-electron chi connectivity index (χ2n) is 6.89. The van der Waals surface area contributed by atoms with Crippen molar-refractivity contribution >= 4 is 22.7 Å². The van der Waals surface area contributed by atoms with Crippen molar-refractivity contribution in [1.82, 2.24) is 20.2 Å². The van der Waals surface area contributed by atoms with Gasteiger partial charge >= 0.3 is 0 Å². The maximum atomic E-state index is 4.78. The number of rotatable bonds is 9. The van der Waals surface area contributed by atoms with Crippen LogP contribution >= 0.6 is 0 Å². The molecule has 3 rings (SSSR count). The lowest BCUT2D eigenvalue weighted by Crippen LogP contribution is -2.35. The number of piperidine rings is 1. The molecule has 0 bridgehead atoms. The zero-order valence-electron chi connectivity index (χ0n) is 16.1. The third-order valence-corrected chi connectivity index (χ3v) is 5.11. The standard InChI is InChI=1S/C20H32N6/c1-3-26(4-2)15-7-12-22-20-24-18-9-6-5-8-17(18)19(25-20)23-16-10-13-21-14-11-16/h5-6,8-9,16,21H,3-4,7,10-15H2,1-2H3,(H2,22,23,24,25). The Balaban J connectivity index is 1.67. The molecule has 0 radical (unpaired) electrons. The molecule has 1 aliphatic rings. The van der Waals surface area contributed by atoms with E-state index in [4.69, 9.17) is 9.97 Å². The molecule has 0 unspecified atom stereocenters. The van der Waals surface area contributed by atoms with Crippen molar-refractivity contribution in [2.75, 3.05) is 49.9 Å². The van der Waals surface area contributed by atoms with Crippen LogP contribution in [0.1, 0.15) is 33.1 Å². The Labute approximate surface area is 156 Å². The molecule has 2 aromatic rings. The number of hydrogen-bond acceptors (Lipinski definition) is 6. The van der Waals surface area contributed by atoms with Crippen molar-refractivity contribution < 1.29 is 0 Å². The van der Waals surface area contributed by atoms with Crippen molar-refractivity contribution in [3.05, 3.63) is 24.3 Å². The van der Waals surface area contributed by atoms with Crippen LogP contribution in [0, 0.1) is 0 Å². The van der Waals surface area contributed by atoms with Crippen molar-refractivity contribution in [2.45, 2.75) is 39.2 Å². The van der Waals surface area contributed by atoms with E-state index in [9.17, 15) is 0 Å². The summed E-state index contributed by atoms with van der Waals surface area (Å²) in [6.07, 6.45) is 3.35. The second kappa shape index (κ2) is 9.69. The predicted octanol–water partition coefficient (Wildman–Crippen LogP) is 2.94. The van der Waals surface area contributed by atoms with Gasteiger partial charge in [-0.15, -0.1) is 0 Å². The van der Waals surface area contributed by atoms with E-state index in [1.807, 2.05) is 6.07 Å². The minimum atomic E-state index is 0.477. The van der Waals surface area contributed by atoms with E-state index in [0.29, 0.717) is 6.04 Å².